The van der Waals surface area contributed by atoms with E-state index in [9.17, 15) is 36.4 Å². The number of fused-ring (bicyclic) bond motifs is 7. The number of hydrogen-bond acceptors (Lipinski definition) is 10. The van der Waals surface area contributed by atoms with Crippen molar-refractivity contribution in [2.75, 3.05) is 6.54 Å². The normalized spacial score (nSPS) is 31.5. The zero-order valence-corrected chi connectivity index (χ0v) is 37.0. The van der Waals surface area contributed by atoms with E-state index in [0.29, 0.717) is 54.2 Å². The molecule has 3 heterocycles. The number of nitrogens with zero attached hydrogens (tertiary/aromatic N) is 3. The lowest BCUT2D eigenvalue weighted by molar-refractivity contribution is -0.143. The Balaban J connectivity index is 1.16. The molecule has 2 aliphatic heterocycles. The van der Waals surface area contributed by atoms with E-state index in [1.54, 1.807) is 20.8 Å². The summed E-state index contributed by atoms with van der Waals surface area (Å²) in [7, 11) is -4.24. The summed E-state index contributed by atoms with van der Waals surface area (Å²) >= 11 is 0. The largest absolute Gasteiger partial charge is 0.471 e. The smallest absolute Gasteiger partial charge is 0.408 e. The van der Waals surface area contributed by atoms with E-state index in [0.717, 1.165) is 36.5 Å². The number of halogens is 2. The topological polar surface area (TPSA) is 186 Å². The summed E-state index contributed by atoms with van der Waals surface area (Å²) < 4.78 is 68.4. The van der Waals surface area contributed by atoms with Crippen LogP contribution in [0.15, 0.2) is 36.4 Å². The second-order valence-electron chi connectivity index (χ2n) is 19.8. The maximum absolute atomic E-state index is 14.9. The molecule has 336 valence electrons. The molecule has 17 heteroatoms. The van der Waals surface area contributed by atoms with Gasteiger partial charge in [-0.1, -0.05) is 77.8 Å². The number of ether oxygens (including phenoxy) is 2. The van der Waals surface area contributed by atoms with Crippen LogP contribution in [-0.4, -0.2) is 94.6 Å². The first-order chi connectivity index (χ1) is 29.2. The van der Waals surface area contributed by atoms with Crippen molar-refractivity contribution < 1.29 is 45.9 Å². The molecule has 3 aliphatic carbocycles. The molecule has 9 atom stereocenters. The minimum Gasteiger partial charge on any atom is -0.471 e. The van der Waals surface area contributed by atoms with Crippen molar-refractivity contribution in [1.82, 2.24) is 30.2 Å². The summed E-state index contributed by atoms with van der Waals surface area (Å²) in [6, 6.07) is 9.09. The first kappa shape index (κ1) is 44.0. The van der Waals surface area contributed by atoms with Gasteiger partial charge in [0.25, 0.3) is 5.91 Å². The molecule has 1 unspecified atom stereocenters. The average molecular weight is 881 g/mol. The summed E-state index contributed by atoms with van der Waals surface area (Å²) in [6.07, 6.45) is -0.476. The molecule has 2 aromatic carbocycles. The SMILES string of the molecule is C[C@@H]1[C@H]2CCCCCc3nc4ccc5ccccc5c4nc3O[C@@H]3C[C@@H](C(=O)N[C@]4(C(=O)NS(=O)(=O)C5(C)CC5)CC4C(F)F)N(C3)C(=O)[C@H](C(C)(C)C)NC(=O)O[C@@H]2C[C@@H]1C. The second-order valence-corrected chi connectivity index (χ2v) is 22.0. The van der Waals surface area contributed by atoms with Crippen molar-refractivity contribution in [1.29, 1.82) is 0 Å². The van der Waals surface area contributed by atoms with Crippen molar-refractivity contribution in [2.45, 2.75) is 147 Å². The van der Waals surface area contributed by atoms with Gasteiger partial charge in [0, 0.05) is 11.8 Å². The van der Waals surface area contributed by atoms with Gasteiger partial charge in [-0.2, -0.15) is 0 Å². The molecule has 8 rings (SSSR count). The van der Waals surface area contributed by atoms with E-state index >= 15 is 0 Å². The number of alkyl carbamates (subject to hydrolysis) is 1. The number of rotatable bonds is 6. The Morgan fingerprint density at radius 3 is 2.44 bits per heavy atom. The molecule has 2 bridgehead atoms. The molecule has 0 spiro atoms. The van der Waals surface area contributed by atoms with E-state index in [1.807, 2.05) is 41.1 Å². The summed E-state index contributed by atoms with van der Waals surface area (Å²) in [5, 5.41) is 7.13. The highest BCUT2D eigenvalue weighted by Gasteiger charge is 2.67. The maximum Gasteiger partial charge on any atom is 0.408 e. The first-order valence-electron chi connectivity index (χ1n) is 22.0. The van der Waals surface area contributed by atoms with Crippen LogP contribution in [0.3, 0.4) is 0 Å². The zero-order chi connectivity index (χ0) is 44.5. The van der Waals surface area contributed by atoms with E-state index in [4.69, 9.17) is 19.4 Å². The third-order valence-corrected chi connectivity index (χ3v) is 16.5. The molecule has 5 aliphatic rings. The van der Waals surface area contributed by atoms with E-state index < -0.39 is 86.5 Å². The quantitative estimate of drug-likeness (QED) is 0.241. The fraction of sp³-hybridized carbons (Fsp3) is 0.644. The minimum absolute atomic E-state index is 0.115. The van der Waals surface area contributed by atoms with Crippen molar-refractivity contribution in [3.8, 4) is 5.88 Å². The van der Waals surface area contributed by atoms with E-state index in [2.05, 4.69) is 24.5 Å². The molecule has 62 heavy (non-hydrogen) atoms. The van der Waals surface area contributed by atoms with E-state index in [1.165, 1.54) is 11.8 Å². The average Bonchev–Trinajstić information content (AvgIpc) is 4.08. The van der Waals surface area contributed by atoms with Crippen LogP contribution >= 0.6 is 0 Å². The number of sulfonamides is 1. The van der Waals surface area contributed by atoms with Crippen molar-refractivity contribution in [3.63, 3.8) is 0 Å². The Morgan fingerprint density at radius 2 is 1.74 bits per heavy atom. The molecule has 3 saturated carbocycles. The Labute approximate surface area is 361 Å². The first-order valence-corrected chi connectivity index (χ1v) is 23.5. The number of aromatic nitrogens is 2. The molecule has 3 N–H and O–H groups in total. The summed E-state index contributed by atoms with van der Waals surface area (Å²) in [5.74, 6) is -3.52. The van der Waals surface area contributed by atoms with Crippen molar-refractivity contribution in [3.05, 3.63) is 42.1 Å². The molecule has 1 saturated heterocycles. The van der Waals surface area contributed by atoms with Crippen LogP contribution in [0.5, 0.6) is 5.88 Å². The molecule has 1 aromatic heterocycles. The number of nitrogens with one attached hydrogen (secondary N) is 3. The second kappa shape index (κ2) is 16.2. The van der Waals surface area contributed by atoms with Crippen LogP contribution in [0.1, 0.15) is 105 Å². The summed E-state index contributed by atoms with van der Waals surface area (Å²) in [5.41, 5.74) is -1.23. The number of benzene rings is 2. The van der Waals surface area contributed by atoms with E-state index in [-0.39, 0.29) is 30.9 Å². The molecule has 0 radical (unpaired) electrons. The van der Waals surface area contributed by atoms with Crippen LogP contribution in [-0.2, 0) is 35.6 Å². The van der Waals surface area contributed by atoms with Gasteiger partial charge in [0.1, 0.15) is 41.0 Å². The van der Waals surface area contributed by atoms with Gasteiger partial charge in [0.05, 0.1) is 22.7 Å². The number of carbonyl (C=O) groups is 4. The van der Waals surface area contributed by atoms with Gasteiger partial charge in [0.2, 0.25) is 34.1 Å². The van der Waals surface area contributed by atoms with Crippen LogP contribution in [0.4, 0.5) is 13.6 Å². The molecule has 4 amide bonds. The van der Waals surface area contributed by atoms with Gasteiger partial charge in [-0.3, -0.25) is 19.1 Å². The van der Waals surface area contributed by atoms with Gasteiger partial charge in [0.15, 0.2) is 0 Å². The Bertz CT molecular complexity index is 2390. The summed E-state index contributed by atoms with van der Waals surface area (Å²) in [6.45, 7) is 10.9. The molecule has 3 aromatic rings. The monoisotopic (exact) mass is 880 g/mol. The highest BCUT2D eigenvalue weighted by molar-refractivity contribution is 7.91. The highest BCUT2D eigenvalue weighted by atomic mass is 32.2. The fourth-order valence-corrected chi connectivity index (χ4v) is 11.1. The Morgan fingerprint density at radius 1 is 1.00 bits per heavy atom. The summed E-state index contributed by atoms with van der Waals surface area (Å²) in [4.78, 5) is 68.2. The van der Waals surface area contributed by atoms with Crippen molar-refractivity contribution >= 4 is 55.6 Å². The van der Waals surface area contributed by atoms with Gasteiger partial charge < -0.3 is 25.0 Å². The van der Waals surface area contributed by atoms with Crippen LogP contribution < -0.4 is 20.1 Å². The number of amides is 4. The number of alkyl halides is 2. The zero-order valence-electron chi connectivity index (χ0n) is 36.2. The third kappa shape index (κ3) is 8.29. The lowest BCUT2D eigenvalue weighted by Crippen LogP contribution is -2.60. The van der Waals surface area contributed by atoms with Crippen molar-refractivity contribution in [2.24, 2.45) is 29.1 Å². The van der Waals surface area contributed by atoms with Gasteiger partial charge in [-0.05, 0) is 86.5 Å². The van der Waals surface area contributed by atoms with Crippen LogP contribution in [0, 0.1) is 29.1 Å². The molecule has 14 nitrogen and oxygen atoms in total. The Hall–Kier alpha value is -4.67. The minimum atomic E-state index is -4.24. The van der Waals surface area contributed by atoms with Gasteiger partial charge >= 0.3 is 6.09 Å². The standard InChI is InChI=1S/C45H58F2N6O8S/c1-24-20-34-28(25(24)2)13-8-7-9-15-32-39(49-35-29-14-11-10-12-26(29)16-17-31(35)48-32)60-27-21-33(53(23-27)40(55)36(43(3,4)5)50-42(57)61-34)38(54)51-45(22-30(45)37(46)47)41(56)52-62(58,59)44(6)18-19-44/h10-12,14,16-17,24-25,27-28,30,33-34,36-37H,7-9,13,15,18-23H2,1-6H3,(H,50,57)(H,51,54)(H,52,56)/t24-,25-,27+,28+,30?,33-,34+,36+,45+/m0/s1. The van der Waals surface area contributed by atoms with Crippen LogP contribution in [0.2, 0.25) is 0 Å². The predicted molar refractivity (Wildman–Crippen MR) is 227 cm³/mol. The third-order valence-electron chi connectivity index (χ3n) is 14.4. The number of hydrogen-bond donors (Lipinski definition) is 3. The lowest BCUT2D eigenvalue weighted by Gasteiger charge is -2.35. The molecule has 4 fully saturated rings. The van der Waals surface area contributed by atoms with Gasteiger partial charge in [-0.25, -0.2) is 32.0 Å². The maximum atomic E-state index is 14.9. The van der Waals surface area contributed by atoms with Gasteiger partial charge in [-0.15, -0.1) is 0 Å². The Kier molecular flexibility index (Phi) is 11.5. The fourth-order valence-electron chi connectivity index (χ4n) is 9.79. The van der Waals surface area contributed by atoms with Crippen LogP contribution in [0.25, 0.3) is 21.8 Å². The number of carbonyl (C=O) groups excluding carboxylic acids is 4. The molecular formula is C45H58F2N6O8S. The molecular weight excluding hydrogens is 823 g/mol. The number of aryl methyl sites for hydroxylation is 1. The predicted octanol–water partition coefficient (Wildman–Crippen LogP) is 6.19. The lowest BCUT2D eigenvalue weighted by atomic mass is 9.85. The highest BCUT2D eigenvalue weighted by Crippen LogP contribution is 2.50.